The summed E-state index contributed by atoms with van der Waals surface area (Å²) >= 11 is 4.53. The molecular weight excluding hydrogens is 310 g/mol. The van der Waals surface area contributed by atoms with Crippen LogP contribution in [0.15, 0.2) is 20.1 Å². The molecule has 16 heavy (non-hydrogen) atoms. The van der Waals surface area contributed by atoms with E-state index in [0.29, 0.717) is 27.1 Å². The van der Waals surface area contributed by atoms with Crippen molar-refractivity contribution in [1.82, 2.24) is 4.31 Å². The monoisotopic (exact) mass is 323 g/mol. The van der Waals surface area contributed by atoms with E-state index in [-0.39, 0.29) is 0 Å². The van der Waals surface area contributed by atoms with E-state index in [4.69, 9.17) is 0 Å². The zero-order valence-electron chi connectivity index (χ0n) is 9.18. The van der Waals surface area contributed by atoms with Gasteiger partial charge in [-0.1, -0.05) is 6.92 Å². The van der Waals surface area contributed by atoms with Crippen molar-refractivity contribution in [3.8, 4) is 0 Å². The summed E-state index contributed by atoms with van der Waals surface area (Å²) in [4.78, 5) is 0. The molecule has 0 spiro atoms. The fourth-order valence-corrected chi connectivity index (χ4v) is 5.42. The Morgan fingerprint density at radius 1 is 1.62 bits per heavy atom. The van der Waals surface area contributed by atoms with Crippen LogP contribution in [0.3, 0.4) is 0 Å². The van der Waals surface area contributed by atoms with E-state index >= 15 is 0 Å². The van der Waals surface area contributed by atoms with E-state index in [2.05, 4.69) is 22.9 Å². The standard InChI is InChI=1S/C10H14BrNO2S2/c1-7-5-8(7)6-12(2)16(13,14)10-9(11)3-4-15-10/h3-4,7-8H,5-6H2,1-2H3. The maximum Gasteiger partial charge on any atom is 0.253 e. The van der Waals surface area contributed by atoms with Crippen molar-refractivity contribution in [3.05, 3.63) is 15.9 Å². The van der Waals surface area contributed by atoms with Gasteiger partial charge in [0.05, 0.1) is 0 Å². The first kappa shape index (κ1) is 12.5. The molecule has 1 heterocycles. The average Bonchev–Trinajstić information content (AvgIpc) is 2.72. The zero-order chi connectivity index (χ0) is 11.9. The van der Waals surface area contributed by atoms with Crippen LogP contribution in [0, 0.1) is 11.8 Å². The summed E-state index contributed by atoms with van der Waals surface area (Å²) in [6.07, 6.45) is 1.14. The minimum Gasteiger partial charge on any atom is -0.206 e. The van der Waals surface area contributed by atoms with Gasteiger partial charge in [-0.05, 0) is 45.6 Å². The molecule has 0 amide bonds. The highest BCUT2D eigenvalue weighted by Gasteiger charge is 2.36. The van der Waals surface area contributed by atoms with Gasteiger partial charge in [-0.15, -0.1) is 11.3 Å². The number of hydrogen-bond donors (Lipinski definition) is 0. The number of thiophene rings is 1. The van der Waals surface area contributed by atoms with Crippen molar-refractivity contribution in [3.63, 3.8) is 0 Å². The van der Waals surface area contributed by atoms with E-state index in [0.717, 1.165) is 6.42 Å². The van der Waals surface area contributed by atoms with E-state index in [1.54, 1.807) is 18.5 Å². The molecule has 0 radical (unpaired) electrons. The number of rotatable bonds is 4. The maximum atomic E-state index is 12.2. The Kier molecular flexibility index (Phi) is 3.45. The molecule has 1 fully saturated rings. The summed E-state index contributed by atoms with van der Waals surface area (Å²) in [7, 11) is -1.64. The lowest BCUT2D eigenvalue weighted by Crippen LogP contribution is -2.28. The Morgan fingerprint density at radius 3 is 2.69 bits per heavy atom. The second-order valence-electron chi connectivity index (χ2n) is 4.31. The zero-order valence-corrected chi connectivity index (χ0v) is 12.4. The minimum atomic E-state index is -3.30. The molecular formula is C10H14BrNO2S2. The first-order chi connectivity index (χ1) is 7.43. The van der Waals surface area contributed by atoms with Crippen molar-refractivity contribution in [2.75, 3.05) is 13.6 Å². The first-order valence-corrected chi connectivity index (χ1v) is 8.23. The van der Waals surface area contributed by atoms with Gasteiger partial charge < -0.3 is 0 Å². The lowest BCUT2D eigenvalue weighted by molar-refractivity contribution is 0.446. The van der Waals surface area contributed by atoms with Crippen LogP contribution in [0.4, 0.5) is 0 Å². The summed E-state index contributed by atoms with van der Waals surface area (Å²) < 4.78 is 26.9. The molecule has 2 atom stereocenters. The van der Waals surface area contributed by atoms with E-state index in [9.17, 15) is 8.42 Å². The third-order valence-corrected chi connectivity index (χ3v) is 7.47. The van der Waals surface area contributed by atoms with E-state index < -0.39 is 10.0 Å². The molecule has 2 unspecified atom stereocenters. The third kappa shape index (κ3) is 2.34. The Balaban J connectivity index is 2.16. The Hall–Kier alpha value is 0.0900. The molecule has 0 N–H and O–H groups in total. The topological polar surface area (TPSA) is 37.4 Å². The van der Waals surface area contributed by atoms with Crippen molar-refractivity contribution in [1.29, 1.82) is 0 Å². The van der Waals surface area contributed by atoms with Crippen LogP contribution in [0.2, 0.25) is 0 Å². The molecule has 90 valence electrons. The molecule has 1 aromatic rings. The number of nitrogens with zero attached hydrogens (tertiary/aromatic N) is 1. The summed E-state index contributed by atoms with van der Waals surface area (Å²) in [5.74, 6) is 1.21. The van der Waals surface area contributed by atoms with Gasteiger partial charge in [-0.2, -0.15) is 4.31 Å². The molecule has 1 aromatic heterocycles. The van der Waals surface area contributed by atoms with Crippen LogP contribution in [0.25, 0.3) is 0 Å². The van der Waals surface area contributed by atoms with Gasteiger partial charge in [-0.25, -0.2) is 8.42 Å². The first-order valence-electron chi connectivity index (χ1n) is 5.12. The predicted octanol–water partition coefficient (Wildman–Crippen LogP) is 2.79. The van der Waals surface area contributed by atoms with Crippen molar-refractivity contribution < 1.29 is 8.42 Å². The fraction of sp³-hybridized carbons (Fsp3) is 0.600. The minimum absolute atomic E-state index is 0.406. The van der Waals surface area contributed by atoms with E-state index in [1.165, 1.54) is 15.6 Å². The lowest BCUT2D eigenvalue weighted by Gasteiger charge is -2.16. The SMILES string of the molecule is CC1CC1CN(C)S(=O)(=O)c1sccc1Br. The quantitative estimate of drug-likeness (QED) is 0.854. The van der Waals surface area contributed by atoms with Crippen LogP contribution < -0.4 is 0 Å². The smallest absolute Gasteiger partial charge is 0.206 e. The normalized spacial score (nSPS) is 25.0. The third-order valence-electron chi connectivity index (χ3n) is 3.00. The highest BCUT2D eigenvalue weighted by Crippen LogP contribution is 2.39. The average molecular weight is 324 g/mol. The predicted molar refractivity (Wildman–Crippen MR) is 69.1 cm³/mol. The summed E-state index contributed by atoms with van der Waals surface area (Å²) in [6.45, 7) is 2.79. The molecule has 1 saturated carbocycles. The van der Waals surface area contributed by atoms with Gasteiger partial charge in [0.1, 0.15) is 4.21 Å². The number of halogens is 1. The largest absolute Gasteiger partial charge is 0.253 e. The fourth-order valence-electron chi connectivity index (χ4n) is 1.69. The second-order valence-corrected chi connectivity index (χ2v) is 8.33. The summed E-state index contributed by atoms with van der Waals surface area (Å²) in [5, 5.41) is 1.78. The summed E-state index contributed by atoms with van der Waals surface area (Å²) in [6, 6.07) is 1.77. The number of sulfonamides is 1. The van der Waals surface area contributed by atoms with Gasteiger partial charge in [-0.3, -0.25) is 0 Å². The van der Waals surface area contributed by atoms with Crippen molar-refractivity contribution in [2.24, 2.45) is 11.8 Å². The highest BCUT2D eigenvalue weighted by atomic mass is 79.9. The van der Waals surface area contributed by atoms with Crippen LogP contribution in [-0.4, -0.2) is 26.3 Å². The Bertz CT molecular complexity index is 483. The van der Waals surface area contributed by atoms with Gasteiger partial charge in [0, 0.05) is 18.1 Å². The molecule has 1 aliphatic rings. The molecule has 6 heteroatoms. The summed E-state index contributed by atoms with van der Waals surface area (Å²) in [5.41, 5.74) is 0. The van der Waals surface area contributed by atoms with Gasteiger partial charge >= 0.3 is 0 Å². The Morgan fingerprint density at radius 2 is 2.25 bits per heavy atom. The van der Waals surface area contributed by atoms with Crippen LogP contribution in [0.5, 0.6) is 0 Å². The molecule has 3 nitrogen and oxygen atoms in total. The van der Waals surface area contributed by atoms with E-state index in [1.807, 2.05) is 0 Å². The molecule has 0 saturated heterocycles. The second kappa shape index (κ2) is 4.40. The molecule has 0 aromatic carbocycles. The van der Waals surface area contributed by atoms with Gasteiger partial charge in [0.15, 0.2) is 0 Å². The van der Waals surface area contributed by atoms with Gasteiger partial charge in [0.2, 0.25) is 0 Å². The van der Waals surface area contributed by atoms with Crippen LogP contribution in [0.1, 0.15) is 13.3 Å². The molecule has 0 bridgehead atoms. The lowest BCUT2D eigenvalue weighted by atomic mass is 10.3. The molecule has 1 aliphatic carbocycles. The van der Waals surface area contributed by atoms with Crippen LogP contribution in [-0.2, 0) is 10.0 Å². The molecule has 2 rings (SSSR count). The van der Waals surface area contributed by atoms with Crippen molar-refractivity contribution in [2.45, 2.75) is 17.6 Å². The van der Waals surface area contributed by atoms with Crippen molar-refractivity contribution >= 4 is 37.3 Å². The van der Waals surface area contributed by atoms with Gasteiger partial charge in [0.25, 0.3) is 10.0 Å². The highest BCUT2D eigenvalue weighted by molar-refractivity contribution is 9.10. The molecule has 0 aliphatic heterocycles. The maximum absolute atomic E-state index is 12.2. The van der Waals surface area contributed by atoms with Crippen LogP contribution >= 0.6 is 27.3 Å². The Labute approximate surface area is 109 Å². The number of hydrogen-bond acceptors (Lipinski definition) is 3.